The zero-order valence-electron chi connectivity index (χ0n) is 17.1. The van der Waals surface area contributed by atoms with Crippen molar-refractivity contribution in [2.75, 3.05) is 13.1 Å². The van der Waals surface area contributed by atoms with Crippen molar-refractivity contribution in [3.05, 3.63) is 70.7 Å². The van der Waals surface area contributed by atoms with E-state index in [4.69, 9.17) is 11.6 Å². The summed E-state index contributed by atoms with van der Waals surface area (Å²) in [4.78, 5) is 2.55. The van der Waals surface area contributed by atoms with Crippen LogP contribution in [0, 0.1) is 17.2 Å². The molecule has 148 valence electrons. The van der Waals surface area contributed by atoms with Gasteiger partial charge < -0.3 is 4.90 Å². The van der Waals surface area contributed by atoms with E-state index in [-0.39, 0.29) is 5.41 Å². The van der Waals surface area contributed by atoms with Crippen LogP contribution >= 0.6 is 11.6 Å². The van der Waals surface area contributed by atoms with Gasteiger partial charge in [0.25, 0.3) is 0 Å². The molecule has 3 rings (SSSR count). The van der Waals surface area contributed by atoms with Gasteiger partial charge in [-0.05, 0) is 74.8 Å². The summed E-state index contributed by atoms with van der Waals surface area (Å²) in [5, 5.41) is 10.9. The molecule has 2 unspecified atom stereocenters. The molecule has 1 aliphatic rings. The fourth-order valence-electron chi connectivity index (χ4n) is 4.35. The Labute approximate surface area is 175 Å². The van der Waals surface area contributed by atoms with Crippen molar-refractivity contribution >= 4 is 11.6 Å². The molecule has 1 saturated carbocycles. The molecule has 2 aromatic rings. The first-order valence-corrected chi connectivity index (χ1v) is 10.9. The minimum Gasteiger partial charge on any atom is -0.301 e. The minimum absolute atomic E-state index is 0.363. The molecule has 0 radical (unpaired) electrons. The maximum atomic E-state index is 10.2. The second-order valence-corrected chi connectivity index (χ2v) is 8.55. The van der Waals surface area contributed by atoms with Crippen LogP contribution < -0.4 is 0 Å². The normalized spacial score (nSPS) is 17.1. The average Bonchev–Trinajstić information content (AvgIpc) is 3.57. The van der Waals surface area contributed by atoms with Gasteiger partial charge in [-0.1, -0.05) is 61.0 Å². The number of hydrogen-bond acceptors (Lipinski definition) is 2. The van der Waals surface area contributed by atoms with E-state index in [1.165, 1.54) is 5.56 Å². The third-order valence-electron chi connectivity index (χ3n) is 6.35. The largest absolute Gasteiger partial charge is 0.301 e. The van der Waals surface area contributed by atoms with Gasteiger partial charge in [0.1, 0.15) is 0 Å². The number of nitriles is 1. The van der Waals surface area contributed by atoms with E-state index >= 15 is 0 Å². The lowest BCUT2D eigenvalue weighted by Crippen LogP contribution is -2.37. The number of halogens is 1. The summed E-state index contributed by atoms with van der Waals surface area (Å²) >= 11 is 6.08. The topological polar surface area (TPSA) is 27.0 Å². The molecule has 2 nitrogen and oxygen atoms in total. The highest BCUT2D eigenvalue weighted by molar-refractivity contribution is 6.30. The molecule has 2 atom stereocenters. The summed E-state index contributed by atoms with van der Waals surface area (Å²) in [5.41, 5.74) is 2.16. The standard InChI is InChI=1S/C25H31ClN2/c1-3-28(18-16-21-7-5-4-6-8-21)20(2)15-17-25(19-27,22-9-10-22)23-11-13-24(26)14-12-23/h4-8,11-14,20,22H,3,9-10,15-18H2,1-2H3. The van der Waals surface area contributed by atoms with Gasteiger partial charge in [0.05, 0.1) is 11.5 Å². The van der Waals surface area contributed by atoms with Gasteiger partial charge in [-0.25, -0.2) is 0 Å². The van der Waals surface area contributed by atoms with Gasteiger partial charge in [0, 0.05) is 17.6 Å². The number of rotatable bonds is 10. The Bertz CT molecular complexity index is 776. The van der Waals surface area contributed by atoms with E-state index in [0.29, 0.717) is 12.0 Å². The molecule has 0 spiro atoms. The molecule has 0 aliphatic heterocycles. The summed E-state index contributed by atoms with van der Waals surface area (Å²) in [5.74, 6) is 0.491. The third kappa shape index (κ3) is 4.96. The third-order valence-corrected chi connectivity index (χ3v) is 6.60. The van der Waals surface area contributed by atoms with Gasteiger partial charge in [0.15, 0.2) is 0 Å². The zero-order valence-corrected chi connectivity index (χ0v) is 17.8. The van der Waals surface area contributed by atoms with Crippen LogP contribution in [0.15, 0.2) is 54.6 Å². The summed E-state index contributed by atoms with van der Waals surface area (Å²) in [7, 11) is 0. The van der Waals surface area contributed by atoms with Crippen LogP contribution in [0.1, 0.15) is 50.7 Å². The van der Waals surface area contributed by atoms with Gasteiger partial charge in [-0.3, -0.25) is 0 Å². The van der Waals surface area contributed by atoms with E-state index in [1.807, 2.05) is 12.1 Å². The number of nitrogens with zero attached hydrogens (tertiary/aromatic N) is 2. The summed E-state index contributed by atoms with van der Waals surface area (Å²) in [6.45, 7) is 6.65. The summed E-state index contributed by atoms with van der Waals surface area (Å²) in [6.07, 6.45) is 5.35. The molecule has 0 saturated heterocycles. The summed E-state index contributed by atoms with van der Waals surface area (Å²) < 4.78 is 0. The second-order valence-electron chi connectivity index (χ2n) is 8.12. The van der Waals surface area contributed by atoms with Crippen molar-refractivity contribution in [2.45, 2.75) is 57.4 Å². The number of hydrogen-bond donors (Lipinski definition) is 0. The van der Waals surface area contributed by atoms with Crippen LogP contribution in [-0.2, 0) is 11.8 Å². The zero-order chi connectivity index (χ0) is 20.0. The quantitative estimate of drug-likeness (QED) is 0.476. The Morgan fingerprint density at radius 2 is 1.82 bits per heavy atom. The van der Waals surface area contributed by atoms with E-state index in [2.05, 4.69) is 67.3 Å². The first-order chi connectivity index (χ1) is 13.6. The lowest BCUT2D eigenvalue weighted by atomic mass is 9.73. The molecular formula is C25H31ClN2. The molecule has 0 amide bonds. The predicted molar refractivity (Wildman–Crippen MR) is 118 cm³/mol. The smallest absolute Gasteiger partial charge is 0.0851 e. The lowest BCUT2D eigenvalue weighted by molar-refractivity contribution is 0.199. The SMILES string of the molecule is CCN(CCc1ccccc1)C(C)CCC(C#N)(c1ccc(Cl)cc1)C1CC1. The monoisotopic (exact) mass is 394 g/mol. The van der Waals surface area contributed by atoms with Crippen LogP contribution in [-0.4, -0.2) is 24.0 Å². The average molecular weight is 395 g/mol. The Balaban J connectivity index is 1.65. The molecule has 0 bridgehead atoms. The Morgan fingerprint density at radius 1 is 1.14 bits per heavy atom. The van der Waals surface area contributed by atoms with Crippen molar-refractivity contribution in [3.8, 4) is 6.07 Å². The maximum absolute atomic E-state index is 10.2. The predicted octanol–water partition coefficient (Wildman–Crippen LogP) is 6.24. The van der Waals surface area contributed by atoms with Crippen LogP contribution in [0.3, 0.4) is 0 Å². The summed E-state index contributed by atoms with van der Waals surface area (Å²) in [6, 6.07) is 21.8. The lowest BCUT2D eigenvalue weighted by Gasteiger charge is -2.33. The second kappa shape index (κ2) is 9.59. The van der Waals surface area contributed by atoms with Gasteiger partial charge in [0.2, 0.25) is 0 Å². The van der Waals surface area contributed by atoms with Crippen molar-refractivity contribution in [1.29, 1.82) is 5.26 Å². The highest BCUT2D eigenvalue weighted by atomic mass is 35.5. The van der Waals surface area contributed by atoms with E-state index in [0.717, 1.165) is 55.8 Å². The minimum atomic E-state index is -0.363. The highest BCUT2D eigenvalue weighted by Gasteiger charge is 2.46. The number of likely N-dealkylation sites (N-methyl/N-ethyl adjacent to an activating group) is 1. The molecule has 3 heteroatoms. The van der Waals surface area contributed by atoms with Crippen LogP contribution in [0.5, 0.6) is 0 Å². The fraction of sp³-hybridized carbons (Fsp3) is 0.480. The number of benzene rings is 2. The molecule has 0 N–H and O–H groups in total. The van der Waals surface area contributed by atoms with Crippen LogP contribution in [0.2, 0.25) is 5.02 Å². The first kappa shape index (κ1) is 20.9. The molecule has 0 heterocycles. The van der Waals surface area contributed by atoms with Crippen LogP contribution in [0.4, 0.5) is 0 Å². The maximum Gasteiger partial charge on any atom is 0.0851 e. The van der Waals surface area contributed by atoms with E-state index in [9.17, 15) is 5.26 Å². The molecule has 0 aromatic heterocycles. The van der Waals surface area contributed by atoms with Gasteiger partial charge in [-0.15, -0.1) is 0 Å². The molecule has 28 heavy (non-hydrogen) atoms. The molecule has 1 fully saturated rings. The van der Waals surface area contributed by atoms with Crippen molar-refractivity contribution in [1.82, 2.24) is 4.90 Å². The Kier molecular flexibility index (Phi) is 7.16. The molecule has 2 aromatic carbocycles. The van der Waals surface area contributed by atoms with E-state index in [1.54, 1.807) is 0 Å². The Morgan fingerprint density at radius 3 is 2.39 bits per heavy atom. The molecule has 1 aliphatic carbocycles. The van der Waals surface area contributed by atoms with Gasteiger partial charge in [-0.2, -0.15) is 5.26 Å². The van der Waals surface area contributed by atoms with Crippen LogP contribution in [0.25, 0.3) is 0 Å². The highest BCUT2D eigenvalue weighted by Crippen LogP contribution is 2.50. The van der Waals surface area contributed by atoms with Crippen molar-refractivity contribution in [2.24, 2.45) is 5.92 Å². The Hall–Kier alpha value is -1.82. The van der Waals surface area contributed by atoms with Gasteiger partial charge >= 0.3 is 0 Å². The van der Waals surface area contributed by atoms with E-state index < -0.39 is 0 Å². The first-order valence-electron chi connectivity index (χ1n) is 10.5. The molecular weight excluding hydrogens is 364 g/mol. The fourth-order valence-corrected chi connectivity index (χ4v) is 4.47. The van der Waals surface area contributed by atoms with Crippen molar-refractivity contribution < 1.29 is 0 Å². The van der Waals surface area contributed by atoms with Crippen molar-refractivity contribution in [3.63, 3.8) is 0 Å².